The van der Waals surface area contributed by atoms with Crippen LogP contribution in [0.3, 0.4) is 0 Å². The van der Waals surface area contributed by atoms with E-state index < -0.39 is 0 Å². The van der Waals surface area contributed by atoms with Crippen LogP contribution in [0.2, 0.25) is 0 Å². The van der Waals surface area contributed by atoms with Crippen LogP contribution >= 0.6 is 0 Å². The second kappa shape index (κ2) is 6.43. The van der Waals surface area contributed by atoms with Gasteiger partial charge in [0.15, 0.2) is 0 Å². The lowest BCUT2D eigenvalue weighted by Crippen LogP contribution is -2.63. The maximum absolute atomic E-state index is 6.28. The van der Waals surface area contributed by atoms with Gasteiger partial charge in [-0.3, -0.25) is 0 Å². The fourth-order valence-corrected chi connectivity index (χ4v) is 6.74. The molecule has 2 saturated carbocycles. The van der Waals surface area contributed by atoms with Crippen LogP contribution in [0.4, 0.5) is 0 Å². The zero-order valence-electron chi connectivity index (χ0n) is 16.9. The van der Waals surface area contributed by atoms with Gasteiger partial charge in [-0.05, 0) is 75.5 Å². The summed E-state index contributed by atoms with van der Waals surface area (Å²) in [5, 5.41) is 0. The first-order valence-electron chi connectivity index (χ1n) is 10.0. The number of fused-ring (bicyclic) bond motifs is 3. The first-order valence-corrected chi connectivity index (χ1v) is 10.0. The molecule has 0 unspecified atom stereocenters. The molecule has 0 saturated heterocycles. The molecule has 0 N–H and O–H groups in total. The van der Waals surface area contributed by atoms with Gasteiger partial charge in [-0.25, -0.2) is 0 Å². The van der Waals surface area contributed by atoms with Crippen LogP contribution in [0.1, 0.15) is 73.1 Å². The van der Waals surface area contributed by atoms with Gasteiger partial charge < -0.3 is 9.47 Å². The lowest BCUT2D eigenvalue weighted by Gasteiger charge is -2.62. The van der Waals surface area contributed by atoms with Crippen molar-refractivity contribution in [2.24, 2.45) is 29.1 Å². The third-order valence-corrected chi connectivity index (χ3v) is 8.16. The van der Waals surface area contributed by atoms with E-state index in [4.69, 9.17) is 9.47 Å². The number of hydrogen-bond acceptors (Lipinski definition) is 2. The molecular weight excluding hydrogens is 296 g/mol. The Morgan fingerprint density at radius 2 is 1.75 bits per heavy atom. The van der Waals surface area contributed by atoms with Gasteiger partial charge in [0.2, 0.25) is 0 Å². The van der Waals surface area contributed by atoms with Crippen molar-refractivity contribution in [3.05, 3.63) is 11.1 Å². The fraction of sp³-hybridized carbons (Fsp3) is 0.909. The monoisotopic (exact) mass is 334 g/mol. The van der Waals surface area contributed by atoms with Crippen molar-refractivity contribution in [1.82, 2.24) is 0 Å². The quantitative estimate of drug-likeness (QED) is 0.624. The fourth-order valence-electron chi connectivity index (χ4n) is 6.74. The van der Waals surface area contributed by atoms with Crippen LogP contribution in [0.5, 0.6) is 0 Å². The molecule has 0 spiro atoms. The molecule has 3 aliphatic carbocycles. The Morgan fingerprint density at radius 3 is 2.33 bits per heavy atom. The zero-order valence-corrected chi connectivity index (χ0v) is 16.9. The Bertz CT molecular complexity index is 508. The molecule has 0 aromatic rings. The number of methoxy groups -OCH3 is 2. The molecule has 138 valence electrons. The highest BCUT2D eigenvalue weighted by molar-refractivity contribution is 5.28. The van der Waals surface area contributed by atoms with E-state index >= 15 is 0 Å². The summed E-state index contributed by atoms with van der Waals surface area (Å²) in [4.78, 5) is 0. The number of hydrogen-bond donors (Lipinski definition) is 0. The van der Waals surface area contributed by atoms with Crippen molar-refractivity contribution in [1.29, 1.82) is 0 Å². The predicted octanol–water partition coefficient (Wildman–Crippen LogP) is 5.62. The molecule has 6 atom stereocenters. The molecule has 3 aliphatic rings. The normalized spacial score (nSPS) is 46.0. The minimum atomic E-state index is -0.178. The van der Waals surface area contributed by atoms with E-state index in [1.165, 1.54) is 32.1 Å². The molecule has 2 nitrogen and oxygen atoms in total. The first kappa shape index (κ1) is 18.5. The van der Waals surface area contributed by atoms with Gasteiger partial charge in [0.25, 0.3) is 0 Å². The van der Waals surface area contributed by atoms with Gasteiger partial charge in [-0.2, -0.15) is 0 Å². The highest BCUT2D eigenvalue weighted by Crippen LogP contribution is 2.63. The van der Waals surface area contributed by atoms with E-state index in [-0.39, 0.29) is 11.7 Å². The van der Waals surface area contributed by atoms with Crippen LogP contribution in [0, 0.1) is 29.1 Å². The highest BCUT2D eigenvalue weighted by Gasteiger charge is 2.61. The average Bonchev–Trinajstić information content (AvgIpc) is 2.54. The minimum absolute atomic E-state index is 0.178. The summed E-state index contributed by atoms with van der Waals surface area (Å²) in [7, 11) is 3.78. The SMILES string of the molecule is CO[C@@H]1CC[C@]2(C)CCC3=C(C)CC[C@@H](C(C)C)[C@H]3[C@H]2[C@]1(C)OC. The molecule has 2 heteroatoms. The van der Waals surface area contributed by atoms with Crippen molar-refractivity contribution in [3.63, 3.8) is 0 Å². The first-order chi connectivity index (χ1) is 11.3. The maximum Gasteiger partial charge on any atom is 0.0949 e. The van der Waals surface area contributed by atoms with Crippen LogP contribution in [0.25, 0.3) is 0 Å². The summed E-state index contributed by atoms with van der Waals surface area (Å²) in [6.45, 7) is 12.1. The standard InChI is InChI=1S/C22H38O2/c1-14(2)16-9-8-15(3)17-10-12-21(4)13-11-18(23-6)22(5,24-7)20(21)19(16)17/h14,16,18-20H,8-13H2,1-7H3/t16-,18+,19+,20+,21-,22+/m0/s1. The summed E-state index contributed by atoms with van der Waals surface area (Å²) in [5.41, 5.74) is 3.67. The van der Waals surface area contributed by atoms with E-state index in [0.29, 0.717) is 17.3 Å². The zero-order chi connectivity index (χ0) is 17.7. The van der Waals surface area contributed by atoms with E-state index in [1.807, 2.05) is 14.2 Å². The molecule has 0 heterocycles. The molecule has 24 heavy (non-hydrogen) atoms. The van der Waals surface area contributed by atoms with Crippen molar-refractivity contribution >= 4 is 0 Å². The van der Waals surface area contributed by atoms with Crippen molar-refractivity contribution < 1.29 is 9.47 Å². The van der Waals surface area contributed by atoms with Gasteiger partial charge in [0.05, 0.1) is 11.7 Å². The molecule has 0 aromatic heterocycles. The van der Waals surface area contributed by atoms with E-state index in [1.54, 1.807) is 11.1 Å². The highest BCUT2D eigenvalue weighted by atomic mass is 16.5. The largest absolute Gasteiger partial charge is 0.378 e. The van der Waals surface area contributed by atoms with Gasteiger partial charge in [0.1, 0.15) is 0 Å². The van der Waals surface area contributed by atoms with E-state index in [9.17, 15) is 0 Å². The lowest BCUT2D eigenvalue weighted by molar-refractivity contribution is -0.219. The van der Waals surface area contributed by atoms with Gasteiger partial charge in [0, 0.05) is 20.1 Å². The molecule has 2 fully saturated rings. The molecule has 0 radical (unpaired) electrons. The second-order valence-corrected chi connectivity index (χ2v) is 9.56. The summed E-state index contributed by atoms with van der Waals surface area (Å²) in [6.07, 6.45) is 7.91. The number of rotatable bonds is 3. The molecule has 3 rings (SSSR count). The predicted molar refractivity (Wildman–Crippen MR) is 100 cm³/mol. The third-order valence-electron chi connectivity index (χ3n) is 8.16. The Morgan fingerprint density at radius 1 is 1.04 bits per heavy atom. The molecule has 0 amide bonds. The lowest BCUT2D eigenvalue weighted by atomic mass is 9.46. The Kier molecular flexibility index (Phi) is 4.94. The van der Waals surface area contributed by atoms with Crippen molar-refractivity contribution in [2.75, 3.05) is 14.2 Å². The Labute approximate surface area is 149 Å². The van der Waals surface area contributed by atoms with Crippen molar-refractivity contribution in [3.8, 4) is 0 Å². The van der Waals surface area contributed by atoms with Crippen LogP contribution in [0.15, 0.2) is 11.1 Å². The summed E-state index contributed by atoms with van der Waals surface area (Å²) in [6, 6.07) is 0. The smallest absolute Gasteiger partial charge is 0.0949 e. The Balaban J connectivity index is 2.12. The number of ether oxygens (including phenoxy) is 2. The van der Waals surface area contributed by atoms with Gasteiger partial charge in [-0.15, -0.1) is 0 Å². The molecule has 0 bridgehead atoms. The minimum Gasteiger partial charge on any atom is -0.378 e. The number of allylic oxidation sites excluding steroid dienone is 2. The van der Waals surface area contributed by atoms with Crippen LogP contribution in [-0.4, -0.2) is 25.9 Å². The Hall–Kier alpha value is -0.340. The third kappa shape index (κ3) is 2.60. The summed E-state index contributed by atoms with van der Waals surface area (Å²) >= 11 is 0. The average molecular weight is 335 g/mol. The van der Waals surface area contributed by atoms with Gasteiger partial charge >= 0.3 is 0 Å². The molecule has 0 aromatic carbocycles. The maximum atomic E-state index is 6.28. The van der Waals surface area contributed by atoms with Crippen molar-refractivity contribution in [2.45, 2.75) is 84.8 Å². The second-order valence-electron chi connectivity index (χ2n) is 9.56. The van der Waals surface area contributed by atoms with E-state index in [2.05, 4.69) is 34.6 Å². The van der Waals surface area contributed by atoms with Gasteiger partial charge in [-0.1, -0.05) is 31.9 Å². The molecule has 0 aliphatic heterocycles. The topological polar surface area (TPSA) is 18.5 Å². The van der Waals surface area contributed by atoms with Crippen LogP contribution in [-0.2, 0) is 9.47 Å². The molecular formula is C22H38O2. The summed E-state index contributed by atoms with van der Waals surface area (Å²) < 4.78 is 12.2. The van der Waals surface area contributed by atoms with E-state index in [0.717, 1.165) is 18.3 Å². The summed E-state index contributed by atoms with van der Waals surface area (Å²) in [5.74, 6) is 2.78. The van der Waals surface area contributed by atoms with Crippen LogP contribution < -0.4 is 0 Å².